The number of halogens is 4. The lowest BCUT2D eigenvalue weighted by atomic mass is 9.68. The molecule has 49 heavy (non-hydrogen) atoms. The fourth-order valence-electron chi connectivity index (χ4n) is 6.87. The third-order valence-corrected chi connectivity index (χ3v) is 10.2. The first kappa shape index (κ1) is 36.1. The van der Waals surface area contributed by atoms with Crippen LogP contribution in [0.2, 0.25) is 0 Å². The molecule has 1 spiro atoms. The monoisotopic (exact) mass is 746 g/mol. The van der Waals surface area contributed by atoms with Crippen molar-refractivity contribution in [1.29, 1.82) is 0 Å². The van der Waals surface area contributed by atoms with Crippen molar-refractivity contribution in [3.63, 3.8) is 0 Å². The molecule has 3 aliphatic heterocycles. The summed E-state index contributed by atoms with van der Waals surface area (Å²) >= 11 is 3.12. The second-order valence-corrected chi connectivity index (χ2v) is 13.8. The first-order chi connectivity index (χ1) is 23.3. The number of fused-ring (bicyclic) bond motifs is 2. The molecule has 14 heteroatoms. The minimum absolute atomic E-state index is 0.0339. The molecule has 0 saturated carbocycles. The molecule has 1 atom stereocenters. The van der Waals surface area contributed by atoms with Gasteiger partial charge in [0.05, 0.1) is 11.3 Å². The van der Waals surface area contributed by atoms with Crippen LogP contribution in [0.5, 0.6) is 0 Å². The zero-order valence-corrected chi connectivity index (χ0v) is 29.0. The van der Waals surface area contributed by atoms with E-state index in [1.54, 1.807) is 11.0 Å². The molecule has 3 amide bonds. The number of rotatable bonds is 9. The van der Waals surface area contributed by atoms with Gasteiger partial charge in [-0.05, 0) is 70.9 Å². The summed E-state index contributed by atoms with van der Waals surface area (Å²) < 4.78 is 47.3. The van der Waals surface area contributed by atoms with Gasteiger partial charge in [-0.15, -0.1) is 6.58 Å². The third kappa shape index (κ3) is 8.52. The lowest BCUT2D eigenvalue weighted by Crippen LogP contribution is -2.51. The first-order valence-corrected chi connectivity index (χ1v) is 17.1. The van der Waals surface area contributed by atoms with Crippen LogP contribution < -0.4 is 16.4 Å². The Labute approximate surface area is 292 Å². The van der Waals surface area contributed by atoms with Crippen molar-refractivity contribution in [1.82, 2.24) is 20.0 Å². The van der Waals surface area contributed by atoms with E-state index in [-0.39, 0.29) is 28.4 Å². The van der Waals surface area contributed by atoms with Crippen molar-refractivity contribution in [2.24, 2.45) is 0 Å². The summed E-state index contributed by atoms with van der Waals surface area (Å²) in [6, 6.07) is 10.1. The molecule has 2 aromatic rings. The van der Waals surface area contributed by atoms with Crippen LogP contribution in [0.15, 0.2) is 65.9 Å². The highest BCUT2D eigenvalue weighted by atomic mass is 79.9. The highest BCUT2D eigenvalue weighted by Crippen LogP contribution is 2.45. The number of likely N-dealkylation sites (N-methyl/N-ethyl adjacent to an activating group) is 1. The van der Waals surface area contributed by atoms with E-state index < -0.39 is 40.9 Å². The fraction of sp³-hybridized carbons (Fsp3) is 0.457. The number of para-hydroxylation sites is 1. The van der Waals surface area contributed by atoms with Crippen LogP contribution in [0, 0.1) is 0 Å². The summed E-state index contributed by atoms with van der Waals surface area (Å²) in [5, 5.41) is 6.27. The van der Waals surface area contributed by atoms with Crippen LogP contribution in [0.3, 0.4) is 0 Å². The Hall–Kier alpha value is -4.20. The fourth-order valence-corrected chi connectivity index (χ4v) is 7.38. The second kappa shape index (κ2) is 15.1. The number of carbonyl (C=O) groups is 3. The summed E-state index contributed by atoms with van der Waals surface area (Å²) in [5.41, 5.74) is 5.74. The molecule has 0 radical (unpaired) electrons. The highest BCUT2D eigenvalue weighted by molar-refractivity contribution is 9.10. The van der Waals surface area contributed by atoms with Gasteiger partial charge in [0.2, 0.25) is 5.91 Å². The van der Waals surface area contributed by atoms with Crippen molar-refractivity contribution < 1.29 is 32.3 Å². The Balaban J connectivity index is 1.30. The molecule has 0 aliphatic carbocycles. The van der Waals surface area contributed by atoms with Crippen LogP contribution in [-0.2, 0) is 32.3 Å². The highest BCUT2D eigenvalue weighted by Gasteiger charge is 2.44. The number of hydrogen-bond acceptors (Lipinski definition) is 7. The van der Waals surface area contributed by atoms with Gasteiger partial charge in [-0.2, -0.15) is 13.2 Å². The molecular weight excluding hydrogens is 705 g/mol. The summed E-state index contributed by atoms with van der Waals surface area (Å²) in [7, 11) is 1.93. The van der Waals surface area contributed by atoms with Crippen molar-refractivity contribution in [2.75, 3.05) is 50.8 Å². The molecule has 264 valence electrons. The number of benzene rings is 2. The van der Waals surface area contributed by atoms with Gasteiger partial charge in [-0.3, -0.25) is 9.59 Å². The Morgan fingerprint density at radius 2 is 1.88 bits per heavy atom. The van der Waals surface area contributed by atoms with Crippen molar-refractivity contribution >= 4 is 45.2 Å². The minimum atomic E-state index is -4.72. The Bertz CT molecular complexity index is 1590. The van der Waals surface area contributed by atoms with E-state index in [0.29, 0.717) is 64.8 Å². The number of hydrogen-bond donors (Lipinski definition) is 3. The molecule has 2 fully saturated rings. The predicted molar refractivity (Wildman–Crippen MR) is 184 cm³/mol. The molecule has 0 bridgehead atoms. The van der Waals surface area contributed by atoms with Crippen LogP contribution >= 0.6 is 15.9 Å². The number of alkyl halides is 3. The Kier molecular flexibility index (Phi) is 11.2. The number of nitrogen functional groups attached to an aromatic ring is 1. The maximum Gasteiger partial charge on any atom is 0.418 e. The quantitative estimate of drug-likeness (QED) is 0.224. The number of amides is 3. The topological polar surface area (TPSA) is 120 Å². The van der Waals surface area contributed by atoms with E-state index in [1.807, 2.05) is 48.6 Å². The molecule has 0 unspecified atom stereocenters. The number of nitrogens with one attached hydrogen (secondary N) is 2. The molecule has 3 aliphatic rings. The molecule has 2 saturated heterocycles. The minimum Gasteiger partial charge on any atom is -0.436 e. The second-order valence-electron chi connectivity index (χ2n) is 13.0. The first-order valence-electron chi connectivity index (χ1n) is 16.3. The lowest BCUT2D eigenvalue weighted by Gasteiger charge is -2.44. The van der Waals surface area contributed by atoms with Crippen LogP contribution in [0.4, 0.5) is 29.3 Å². The smallest absolute Gasteiger partial charge is 0.418 e. The van der Waals surface area contributed by atoms with Gasteiger partial charge in [0, 0.05) is 86.6 Å². The average Bonchev–Trinajstić information content (AvgIpc) is 3.06. The molecular formula is C35H42BrF3N6O4. The number of ether oxygens (including phenoxy) is 1. The van der Waals surface area contributed by atoms with Gasteiger partial charge >= 0.3 is 12.3 Å². The van der Waals surface area contributed by atoms with Crippen LogP contribution in [0.25, 0.3) is 0 Å². The number of likely N-dealkylation sites (tertiary alicyclic amines) is 2. The van der Waals surface area contributed by atoms with Crippen LogP contribution in [-0.4, -0.2) is 84.5 Å². The summed E-state index contributed by atoms with van der Waals surface area (Å²) in [6.07, 6.45) is 1.08. The molecule has 5 rings (SSSR count). The number of carbonyl (C=O) groups excluding carboxylic acids is 3. The summed E-state index contributed by atoms with van der Waals surface area (Å²) in [6.45, 7) is 5.77. The number of nitrogens with two attached hydrogens (primary N) is 1. The van der Waals surface area contributed by atoms with E-state index in [1.165, 1.54) is 11.0 Å². The largest absolute Gasteiger partial charge is 0.436 e. The summed E-state index contributed by atoms with van der Waals surface area (Å²) in [4.78, 5) is 45.2. The van der Waals surface area contributed by atoms with Gasteiger partial charge in [-0.25, -0.2) is 4.79 Å². The maximum atomic E-state index is 13.9. The van der Waals surface area contributed by atoms with Gasteiger partial charge < -0.3 is 35.8 Å². The predicted octanol–water partition coefficient (Wildman–Crippen LogP) is 5.64. The number of piperidine rings is 2. The van der Waals surface area contributed by atoms with E-state index >= 15 is 0 Å². The van der Waals surface area contributed by atoms with E-state index in [9.17, 15) is 27.6 Å². The van der Waals surface area contributed by atoms with E-state index in [0.717, 1.165) is 17.3 Å². The van der Waals surface area contributed by atoms with Gasteiger partial charge in [0.15, 0.2) is 6.10 Å². The Morgan fingerprint density at radius 3 is 2.55 bits per heavy atom. The van der Waals surface area contributed by atoms with Gasteiger partial charge in [0.25, 0.3) is 5.91 Å². The number of nitrogens with zero attached hydrogens (tertiary/aromatic N) is 3. The number of anilines is 2. The van der Waals surface area contributed by atoms with E-state index in [4.69, 9.17) is 10.5 Å². The zero-order chi connectivity index (χ0) is 35.3. The van der Waals surface area contributed by atoms with Crippen molar-refractivity contribution in [3.8, 4) is 0 Å². The average molecular weight is 748 g/mol. The van der Waals surface area contributed by atoms with Crippen molar-refractivity contribution in [2.45, 2.75) is 62.3 Å². The molecule has 10 nitrogen and oxygen atoms in total. The molecule has 3 heterocycles. The Morgan fingerprint density at radius 1 is 1.18 bits per heavy atom. The van der Waals surface area contributed by atoms with E-state index in [2.05, 4.69) is 33.1 Å². The van der Waals surface area contributed by atoms with Crippen molar-refractivity contribution in [3.05, 3.63) is 82.6 Å². The lowest BCUT2D eigenvalue weighted by molar-refractivity contribution is -0.142. The van der Waals surface area contributed by atoms with Gasteiger partial charge in [-0.1, -0.05) is 24.3 Å². The molecule has 0 aromatic heterocycles. The summed E-state index contributed by atoms with van der Waals surface area (Å²) in [5.74, 6) is -0.552. The standard InChI is InChI=1S/C35H42BrF3N6O4/c1-3-13-43(2)18-12-41-24-8-14-44(15-9-24)32(47)29(21-23-19-26(35(37,38)39)31(40)27(36)20-23)49-33(48)45-16-10-34(11-17-45)22-30(46)42-28-7-5-4-6-25(28)34/h3-7,12,18-20,24,29,41H,1,8-11,13-17,21-22,40H2,2H3,(H,42,46)/b18-12-/t29-/m1/s1. The van der Waals surface area contributed by atoms with Crippen LogP contribution in [0.1, 0.15) is 48.8 Å². The zero-order valence-electron chi connectivity index (χ0n) is 27.4. The SMILES string of the molecule is C=CCN(C)/C=C\NC1CCN(C(=O)[C@@H](Cc2cc(Br)c(N)c(C(F)(F)F)c2)OC(=O)N2CCC3(CC2)CC(=O)Nc2ccccc23)CC1. The maximum absolute atomic E-state index is 13.9. The van der Waals surface area contributed by atoms with Gasteiger partial charge in [0.1, 0.15) is 0 Å². The molecule has 4 N–H and O–H groups in total. The molecule has 2 aromatic carbocycles. The normalized spacial score (nSPS) is 18.5. The third-order valence-electron chi connectivity index (χ3n) is 9.57.